The van der Waals surface area contributed by atoms with Crippen LogP contribution in [0, 0.1) is 0 Å². The molecule has 140 valence electrons. The van der Waals surface area contributed by atoms with Crippen LogP contribution in [0.15, 0.2) is 60.7 Å². The molecule has 2 atom stereocenters. The third-order valence-corrected chi connectivity index (χ3v) is 4.63. The highest BCUT2D eigenvalue weighted by Gasteiger charge is 2.53. The summed E-state index contributed by atoms with van der Waals surface area (Å²) in [7, 11) is -6.06. The average molecular weight is 388 g/mol. The van der Waals surface area contributed by atoms with Gasteiger partial charge in [-0.3, -0.25) is 8.98 Å². The summed E-state index contributed by atoms with van der Waals surface area (Å²) in [5, 5.41) is 10.7. The number of halogens is 3. The number of aliphatic hydroxyl groups is 1. The lowest BCUT2D eigenvalue weighted by Crippen LogP contribution is -2.45. The van der Waals surface area contributed by atoms with E-state index < -0.39 is 33.1 Å². The van der Waals surface area contributed by atoms with Gasteiger partial charge in [0, 0.05) is 5.56 Å². The molecular formula is C17H15F3O5S. The van der Waals surface area contributed by atoms with Gasteiger partial charge in [0.1, 0.15) is 6.10 Å². The van der Waals surface area contributed by atoms with E-state index in [0.29, 0.717) is 0 Å². The molecule has 0 radical (unpaired) electrons. The Morgan fingerprint density at radius 3 is 1.92 bits per heavy atom. The largest absolute Gasteiger partial charge is 0.523 e. The number of hydrogen-bond acceptors (Lipinski definition) is 5. The molecule has 26 heavy (non-hydrogen) atoms. The minimum absolute atomic E-state index is 0.00793. The van der Waals surface area contributed by atoms with Crippen LogP contribution in [-0.4, -0.2) is 30.4 Å². The molecule has 5 nitrogen and oxygen atoms in total. The van der Waals surface area contributed by atoms with Gasteiger partial charge in [-0.15, -0.1) is 0 Å². The zero-order chi connectivity index (χ0) is 19.6. The van der Waals surface area contributed by atoms with E-state index in [-0.39, 0.29) is 11.1 Å². The summed E-state index contributed by atoms with van der Waals surface area (Å²) in [5.74, 6) is -0.982. The van der Waals surface area contributed by atoms with Crippen LogP contribution in [0.25, 0.3) is 0 Å². The standard InChI is InChI=1S/C17H15F3O5S/c1-16(22,14(21)12-8-4-2-5-9-12)15(13-10-6-3-7-11-13)25-26(23,24)17(18,19)20/h2-11,15,22H,1H3. The summed E-state index contributed by atoms with van der Waals surface area (Å²) in [6.07, 6.45) is -2.09. The van der Waals surface area contributed by atoms with Crippen LogP contribution in [0.5, 0.6) is 0 Å². The first-order valence-corrected chi connectivity index (χ1v) is 8.74. The van der Waals surface area contributed by atoms with E-state index in [1.807, 2.05) is 0 Å². The van der Waals surface area contributed by atoms with E-state index in [1.54, 1.807) is 6.07 Å². The Morgan fingerprint density at radius 1 is 1.00 bits per heavy atom. The molecule has 0 spiro atoms. The number of ketones is 1. The van der Waals surface area contributed by atoms with Gasteiger partial charge in [-0.25, -0.2) is 0 Å². The molecule has 0 aliphatic heterocycles. The molecule has 0 saturated carbocycles. The maximum atomic E-state index is 12.7. The summed E-state index contributed by atoms with van der Waals surface area (Å²) < 4.78 is 65.4. The average Bonchev–Trinajstić information content (AvgIpc) is 2.59. The summed E-state index contributed by atoms with van der Waals surface area (Å²) in [6, 6.07) is 14.1. The number of Topliss-reactive ketones (excluding diaryl/α,β-unsaturated/α-hetero) is 1. The lowest BCUT2D eigenvalue weighted by Gasteiger charge is -2.31. The van der Waals surface area contributed by atoms with Crippen molar-refractivity contribution < 1.29 is 35.7 Å². The molecule has 0 aliphatic carbocycles. The van der Waals surface area contributed by atoms with Crippen LogP contribution >= 0.6 is 0 Å². The van der Waals surface area contributed by atoms with Crippen molar-refractivity contribution in [2.24, 2.45) is 0 Å². The molecule has 0 heterocycles. The molecule has 2 rings (SSSR count). The Morgan fingerprint density at radius 2 is 1.46 bits per heavy atom. The lowest BCUT2D eigenvalue weighted by atomic mass is 9.86. The van der Waals surface area contributed by atoms with Crippen molar-refractivity contribution in [1.82, 2.24) is 0 Å². The molecule has 1 N–H and O–H groups in total. The Hall–Kier alpha value is -2.23. The second-order valence-corrected chi connectivity index (χ2v) is 7.19. The van der Waals surface area contributed by atoms with Gasteiger partial charge in [0.15, 0.2) is 11.4 Å². The number of alkyl halides is 3. The predicted octanol–water partition coefficient (Wildman–Crippen LogP) is 3.23. The molecule has 0 fully saturated rings. The monoisotopic (exact) mass is 388 g/mol. The fourth-order valence-electron chi connectivity index (χ4n) is 2.28. The first-order valence-electron chi connectivity index (χ1n) is 7.33. The zero-order valence-electron chi connectivity index (χ0n) is 13.5. The fraction of sp³-hybridized carbons (Fsp3) is 0.235. The first-order chi connectivity index (χ1) is 12.0. The van der Waals surface area contributed by atoms with Crippen molar-refractivity contribution in [3.63, 3.8) is 0 Å². The quantitative estimate of drug-likeness (QED) is 0.467. The summed E-state index contributed by atoms with van der Waals surface area (Å²) >= 11 is 0. The predicted molar refractivity (Wildman–Crippen MR) is 86.6 cm³/mol. The molecule has 0 saturated heterocycles. The van der Waals surface area contributed by atoms with Crippen molar-refractivity contribution in [2.75, 3.05) is 0 Å². The maximum absolute atomic E-state index is 12.7. The van der Waals surface area contributed by atoms with Crippen LogP contribution in [-0.2, 0) is 14.3 Å². The van der Waals surface area contributed by atoms with Crippen molar-refractivity contribution >= 4 is 15.9 Å². The number of carbonyl (C=O) groups is 1. The smallest absolute Gasteiger partial charge is 0.379 e. The van der Waals surface area contributed by atoms with Crippen molar-refractivity contribution in [3.05, 3.63) is 71.8 Å². The summed E-state index contributed by atoms with van der Waals surface area (Å²) in [4.78, 5) is 12.6. The SMILES string of the molecule is CC(O)(C(=O)c1ccccc1)C(OS(=O)(=O)C(F)(F)F)c1ccccc1. The van der Waals surface area contributed by atoms with Gasteiger partial charge in [0.2, 0.25) is 0 Å². The highest BCUT2D eigenvalue weighted by Crippen LogP contribution is 2.37. The van der Waals surface area contributed by atoms with Gasteiger partial charge < -0.3 is 5.11 Å². The highest BCUT2D eigenvalue weighted by molar-refractivity contribution is 7.87. The first kappa shape index (κ1) is 20.1. The Kier molecular flexibility index (Phi) is 5.55. The van der Waals surface area contributed by atoms with Crippen LogP contribution in [0.1, 0.15) is 28.9 Å². The van der Waals surface area contributed by atoms with E-state index in [4.69, 9.17) is 0 Å². The van der Waals surface area contributed by atoms with E-state index in [9.17, 15) is 31.5 Å². The van der Waals surface area contributed by atoms with Gasteiger partial charge >= 0.3 is 15.6 Å². The molecular weight excluding hydrogens is 373 g/mol. The van der Waals surface area contributed by atoms with Crippen LogP contribution in [0.4, 0.5) is 13.2 Å². The molecule has 0 aromatic heterocycles. The van der Waals surface area contributed by atoms with E-state index in [2.05, 4.69) is 4.18 Å². The van der Waals surface area contributed by atoms with Crippen LogP contribution in [0.3, 0.4) is 0 Å². The second kappa shape index (κ2) is 7.18. The molecule has 0 aliphatic rings. The third-order valence-electron chi connectivity index (χ3n) is 3.61. The van der Waals surface area contributed by atoms with Gasteiger partial charge in [-0.1, -0.05) is 60.7 Å². The maximum Gasteiger partial charge on any atom is 0.523 e. The topological polar surface area (TPSA) is 80.7 Å². The number of rotatable bonds is 6. The Bertz CT molecular complexity index is 862. The zero-order valence-corrected chi connectivity index (χ0v) is 14.3. The lowest BCUT2D eigenvalue weighted by molar-refractivity contribution is -0.0727. The second-order valence-electron chi connectivity index (χ2n) is 5.63. The number of hydrogen-bond donors (Lipinski definition) is 1. The van der Waals surface area contributed by atoms with Crippen LogP contribution in [0.2, 0.25) is 0 Å². The highest BCUT2D eigenvalue weighted by atomic mass is 32.2. The van der Waals surface area contributed by atoms with Gasteiger partial charge in [-0.05, 0) is 12.5 Å². The molecule has 2 aromatic rings. The van der Waals surface area contributed by atoms with E-state index in [0.717, 1.165) is 6.92 Å². The van der Waals surface area contributed by atoms with Crippen molar-refractivity contribution in [2.45, 2.75) is 24.1 Å². The van der Waals surface area contributed by atoms with E-state index in [1.165, 1.54) is 54.6 Å². The van der Waals surface area contributed by atoms with E-state index >= 15 is 0 Å². The minimum atomic E-state index is -6.06. The Balaban J connectivity index is 2.52. The molecule has 2 aromatic carbocycles. The van der Waals surface area contributed by atoms with Crippen molar-refractivity contribution in [3.8, 4) is 0 Å². The van der Waals surface area contributed by atoms with Gasteiger partial charge in [0.05, 0.1) is 0 Å². The number of carbonyl (C=O) groups excluding carboxylic acids is 1. The van der Waals surface area contributed by atoms with Gasteiger partial charge in [-0.2, -0.15) is 21.6 Å². The normalized spacial score (nSPS) is 15.9. The molecule has 2 unspecified atom stereocenters. The Labute approximate surface area is 148 Å². The fourth-order valence-corrected chi connectivity index (χ4v) is 2.94. The third kappa shape index (κ3) is 4.12. The number of benzene rings is 2. The van der Waals surface area contributed by atoms with Gasteiger partial charge in [0.25, 0.3) is 0 Å². The minimum Gasteiger partial charge on any atom is -0.379 e. The summed E-state index contributed by atoms with van der Waals surface area (Å²) in [6.45, 7) is 0.909. The molecule has 9 heteroatoms. The summed E-state index contributed by atoms with van der Waals surface area (Å²) in [5.41, 5.74) is -8.39. The molecule has 0 amide bonds. The molecule has 0 bridgehead atoms. The van der Waals surface area contributed by atoms with Crippen LogP contribution < -0.4 is 0 Å². The van der Waals surface area contributed by atoms with Crippen molar-refractivity contribution in [1.29, 1.82) is 0 Å².